The lowest BCUT2D eigenvalue weighted by Crippen LogP contribution is -2.31. The second kappa shape index (κ2) is 3.05. The highest BCUT2D eigenvalue weighted by Crippen LogP contribution is 2.04. The Morgan fingerprint density at radius 3 is 1.62 bits per heavy atom. The molecule has 2 heteroatoms. The molecule has 8 heavy (non-hydrogen) atoms. The summed E-state index contributed by atoms with van der Waals surface area (Å²) in [6.45, 7) is 5.60. The SMILES string of the molecule is C[C@@H]([C@H](C)O)[C@@H](C)N. The molecule has 0 unspecified atom stereocenters. The van der Waals surface area contributed by atoms with Gasteiger partial charge in [0.25, 0.3) is 0 Å². The van der Waals surface area contributed by atoms with Crippen LogP contribution in [0.1, 0.15) is 20.8 Å². The van der Waals surface area contributed by atoms with Crippen LogP contribution in [-0.4, -0.2) is 17.3 Å². The molecule has 2 nitrogen and oxygen atoms in total. The van der Waals surface area contributed by atoms with E-state index in [4.69, 9.17) is 10.8 Å². The molecule has 0 aliphatic heterocycles. The number of nitrogens with two attached hydrogens (primary N) is 1. The van der Waals surface area contributed by atoms with Gasteiger partial charge in [-0.25, -0.2) is 0 Å². The van der Waals surface area contributed by atoms with Crippen molar-refractivity contribution in [2.24, 2.45) is 11.7 Å². The minimum absolute atomic E-state index is 0.0926. The van der Waals surface area contributed by atoms with Crippen molar-refractivity contribution in [3.05, 3.63) is 0 Å². The first-order valence-electron chi connectivity index (χ1n) is 2.99. The normalized spacial score (nSPS) is 22.1. The zero-order valence-electron chi connectivity index (χ0n) is 5.76. The lowest BCUT2D eigenvalue weighted by atomic mass is 9.99. The van der Waals surface area contributed by atoms with E-state index in [1.54, 1.807) is 6.92 Å². The summed E-state index contributed by atoms with van der Waals surface area (Å²) in [5.41, 5.74) is 5.48. The highest BCUT2D eigenvalue weighted by molar-refractivity contribution is 4.67. The van der Waals surface area contributed by atoms with Gasteiger partial charge in [0.1, 0.15) is 0 Å². The number of rotatable bonds is 2. The van der Waals surface area contributed by atoms with E-state index in [0.717, 1.165) is 0 Å². The molecule has 50 valence electrons. The van der Waals surface area contributed by atoms with Gasteiger partial charge >= 0.3 is 0 Å². The Bertz CT molecular complexity index is 53.5. The van der Waals surface area contributed by atoms with Crippen molar-refractivity contribution in [2.45, 2.75) is 32.9 Å². The Hall–Kier alpha value is -0.0800. The Morgan fingerprint density at radius 2 is 1.62 bits per heavy atom. The summed E-state index contributed by atoms with van der Waals surface area (Å²) in [7, 11) is 0. The third-order valence-electron chi connectivity index (χ3n) is 1.59. The average Bonchev–Trinajstić information content (AvgIpc) is 1.64. The Labute approximate surface area is 50.7 Å². The van der Waals surface area contributed by atoms with Gasteiger partial charge in [0.05, 0.1) is 6.10 Å². The summed E-state index contributed by atoms with van der Waals surface area (Å²) in [6, 6.07) is 0.0926. The van der Waals surface area contributed by atoms with Crippen molar-refractivity contribution < 1.29 is 5.11 Å². The summed E-state index contributed by atoms with van der Waals surface area (Å²) in [5.74, 6) is 0.204. The van der Waals surface area contributed by atoms with Gasteiger partial charge in [-0.1, -0.05) is 6.92 Å². The topological polar surface area (TPSA) is 46.2 Å². The van der Waals surface area contributed by atoms with Gasteiger partial charge in [-0.2, -0.15) is 0 Å². The molecule has 0 saturated carbocycles. The summed E-state index contributed by atoms with van der Waals surface area (Å²) < 4.78 is 0. The first kappa shape index (κ1) is 7.92. The lowest BCUT2D eigenvalue weighted by Gasteiger charge is -2.17. The molecule has 0 heterocycles. The van der Waals surface area contributed by atoms with Crippen molar-refractivity contribution in [3.8, 4) is 0 Å². The summed E-state index contributed by atoms with van der Waals surface area (Å²) in [6.07, 6.45) is -0.282. The molecule has 0 spiro atoms. The van der Waals surface area contributed by atoms with Crippen molar-refractivity contribution in [1.29, 1.82) is 0 Å². The molecule has 0 aromatic rings. The fourth-order valence-electron chi connectivity index (χ4n) is 0.439. The predicted octanol–water partition coefficient (Wildman–Crippen LogP) is 0.350. The second-order valence-corrected chi connectivity index (χ2v) is 2.46. The Balaban J connectivity index is 3.46. The van der Waals surface area contributed by atoms with E-state index < -0.39 is 0 Å². The highest BCUT2D eigenvalue weighted by Gasteiger charge is 2.11. The fourth-order valence-corrected chi connectivity index (χ4v) is 0.439. The van der Waals surface area contributed by atoms with E-state index in [9.17, 15) is 0 Å². The number of aliphatic hydroxyl groups is 1. The van der Waals surface area contributed by atoms with Crippen LogP contribution in [0.4, 0.5) is 0 Å². The maximum absolute atomic E-state index is 8.91. The number of hydrogen-bond acceptors (Lipinski definition) is 2. The summed E-state index contributed by atoms with van der Waals surface area (Å²) >= 11 is 0. The monoisotopic (exact) mass is 117 g/mol. The largest absolute Gasteiger partial charge is 0.393 e. The fraction of sp³-hybridized carbons (Fsp3) is 1.00. The second-order valence-electron chi connectivity index (χ2n) is 2.46. The van der Waals surface area contributed by atoms with Crippen LogP contribution < -0.4 is 5.73 Å². The molecular formula is C6H15NO. The molecule has 0 rings (SSSR count). The van der Waals surface area contributed by atoms with E-state index in [2.05, 4.69) is 0 Å². The first-order chi connectivity index (χ1) is 3.55. The maximum atomic E-state index is 8.91. The van der Waals surface area contributed by atoms with Crippen molar-refractivity contribution >= 4 is 0 Å². The average molecular weight is 117 g/mol. The Morgan fingerprint density at radius 1 is 1.25 bits per heavy atom. The molecule has 3 atom stereocenters. The molecule has 0 aliphatic rings. The van der Waals surface area contributed by atoms with Gasteiger partial charge < -0.3 is 10.8 Å². The standard InChI is InChI=1S/C6H15NO/c1-4(5(2)7)6(3)8/h4-6,8H,7H2,1-3H3/t4-,5-,6+/m1/s1. The molecule has 0 amide bonds. The van der Waals surface area contributed by atoms with Crippen molar-refractivity contribution in [1.82, 2.24) is 0 Å². The molecule has 0 saturated heterocycles. The van der Waals surface area contributed by atoms with E-state index in [-0.39, 0.29) is 18.1 Å². The van der Waals surface area contributed by atoms with Crippen LogP contribution in [0.5, 0.6) is 0 Å². The number of aliphatic hydroxyl groups excluding tert-OH is 1. The zero-order valence-corrected chi connectivity index (χ0v) is 5.76. The van der Waals surface area contributed by atoms with Crippen LogP contribution in [0.15, 0.2) is 0 Å². The molecule has 0 aromatic carbocycles. The van der Waals surface area contributed by atoms with E-state index in [1.807, 2.05) is 13.8 Å². The van der Waals surface area contributed by atoms with Crippen LogP contribution >= 0.6 is 0 Å². The molecule has 0 radical (unpaired) electrons. The lowest BCUT2D eigenvalue weighted by molar-refractivity contribution is 0.123. The van der Waals surface area contributed by atoms with Crippen LogP contribution in [-0.2, 0) is 0 Å². The van der Waals surface area contributed by atoms with Gasteiger partial charge in [-0.3, -0.25) is 0 Å². The van der Waals surface area contributed by atoms with Crippen LogP contribution in [0.3, 0.4) is 0 Å². The molecule has 0 aliphatic carbocycles. The smallest absolute Gasteiger partial charge is 0.0552 e. The van der Waals surface area contributed by atoms with Gasteiger partial charge in [-0.05, 0) is 19.8 Å². The maximum Gasteiger partial charge on any atom is 0.0552 e. The molecule has 0 bridgehead atoms. The highest BCUT2D eigenvalue weighted by atomic mass is 16.3. The zero-order chi connectivity index (χ0) is 6.73. The molecule has 3 N–H and O–H groups in total. The van der Waals surface area contributed by atoms with E-state index in [1.165, 1.54) is 0 Å². The third-order valence-corrected chi connectivity index (χ3v) is 1.59. The van der Waals surface area contributed by atoms with Crippen LogP contribution in [0.2, 0.25) is 0 Å². The predicted molar refractivity (Wildman–Crippen MR) is 34.5 cm³/mol. The molecular weight excluding hydrogens is 102 g/mol. The number of hydrogen-bond donors (Lipinski definition) is 2. The Kier molecular flexibility index (Phi) is 3.02. The van der Waals surface area contributed by atoms with Gasteiger partial charge in [0.15, 0.2) is 0 Å². The summed E-state index contributed by atoms with van der Waals surface area (Å²) in [5, 5.41) is 8.91. The quantitative estimate of drug-likeness (QED) is 0.548. The van der Waals surface area contributed by atoms with Crippen molar-refractivity contribution in [3.63, 3.8) is 0 Å². The summed E-state index contributed by atoms with van der Waals surface area (Å²) in [4.78, 5) is 0. The minimum atomic E-state index is -0.282. The minimum Gasteiger partial charge on any atom is -0.393 e. The van der Waals surface area contributed by atoms with Gasteiger partial charge in [0.2, 0.25) is 0 Å². The van der Waals surface area contributed by atoms with Gasteiger partial charge in [-0.15, -0.1) is 0 Å². The molecule has 0 fully saturated rings. The molecule has 0 aromatic heterocycles. The van der Waals surface area contributed by atoms with Crippen LogP contribution in [0.25, 0.3) is 0 Å². The van der Waals surface area contributed by atoms with Crippen molar-refractivity contribution in [2.75, 3.05) is 0 Å². The van der Waals surface area contributed by atoms with E-state index >= 15 is 0 Å². The first-order valence-corrected chi connectivity index (χ1v) is 2.99. The van der Waals surface area contributed by atoms with E-state index in [0.29, 0.717) is 0 Å². The van der Waals surface area contributed by atoms with Gasteiger partial charge in [0, 0.05) is 6.04 Å². The third kappa shape index (κ3) is 2.28. The van der Waals surface area contributed by atoms with Crippen LogP contribution in [0, 0.1) is 5.92 Å².